The summed E-state index contributed by atoms with van der Waals surface area (Å²) in [5, 5.41) is 8.19. The molecule has 0 saturated heterocycles. The summed E-state index contributed by atoms with van der Waals surface area (Å²) in [6.07, 6.45) is 0. The van der Waals surface area contributed by atoms with Gasteiger partial charge in [0.15, 0.2) is 5.65 Å². The zero-order valence-corrected chi connectivity index (χ0v) is 17.0. The Hall–Kier alpha value is -3.22. The second-order valence-corrected chi connectivity index (χ2v) is 8.24. The van der Waals surface area contributed by atoms with Crippen LogP contribution in [0.25, 0.3) is 22.1 Å². The molecule has 28 heavy (non-hydrogen) atoms. The van der Waals surface area contributed by atoms with Crippen molar-refractivity contribution in [2.75, 3.05) is 5.32 Å². The Balaban J connectivity index is 1.72. The lowest BCUT2D eigenvalue weighted by molar-refractivity contribution is 0.102. The van der Waals surface area contributed by atoms with E-state index in [9.17, 15) is 4.79 Å². The van der Waals surface area contributed by atoms with Gasteiger partial charge in [0.25, 0.3) is 5.91 Å². The highest BCUT2D eigenvalue weighted by molar-refractivity contribution is 6.13. The van der Waals surface area contributed by atoms with Crippen molar-refractivity contribution in [1.82, 2.24) is 24.7 Å². The van der Waals surface area contributed by atoms with Crippen LogP contribution in [-0.4, -0.2) is 30.6 Å². The lowest BCUT2D eigenvalue weighted by atomic mass is 9.96. The van der Waals surface area contributed by atoms with Gasteiger partial charge in [-0.3, -0.25) is 9.48 Å². The number of aromatic amines is 1. The van der Waals surface area contributed by atoms with E-state index >= 15 is 0 Å². The SMILES string of the molecule is Cc1cc(C(=O)Nc2ccc3nc(C(C)(C)C)[nH]c3c2)c2c(C)nn(C)c2n1. The van der Waals surface area contributed by atoms with Crippen molar-refractivity contribution in [3.63, 3.8) is 0 Å². The number of amides is 1. The van der Waals surface area contributed by atoms with Crippen LogP contribution in [-0.2, 0) is 12.5 Å². The number of aromatic nitrogens is 5. The molecule has 1 amide bonds. The molecule has 0 aliphatic rings. The number of nitrogens with one attached hydrogen (secondary N) is 2. The van der Waals surface area contributed by atoms with E-state index in [1.807, 2.05) is 39.1 Å². The predicted octanol–water partition coefficient (Wildman–Crippen LogP) is 4.01. The summed E-state index contributed by atoms with van der Waals surface area (Å²) in [5.41, 5.74) is 5.28. The van der Waals surface area contributed by atoms with Crippen LogP contribution in [0.15, 0.2) is 24.3 Å². The Morgan fingerprint density at radius 3 is 2.61 bits per heavy atom. The number of anilines is 1. The molecule has 4 rings (SSSR count). The normalized spacial score (nSPS) is 12.1. The fourth-order valence-electron chi connectivity index (χ4n) is 3.39. The summed E-state index contributed by atoms with van der Waals surface area (Å²) < 4.78 is 1.71. The second kappa shape index (κ2) is 6.15. The van der Waals surface area contributed by atoms with Gasteiger partial charge in [-0.05, 0) is 38.1 Å². The first-order valence-corrected chi connectivity index (χ1v) is 9.26. The number of carbonyl (C=O) groups excluding carboxylic acids is 1. The molecule has 0 spiro atoms. The monoisotopic (exact) mass is 376 g/mol. The number of H-pyrrole nitrogens is 1. The third kappa shape index (κ3) is 3.02. The molecule has 0 fully saturated rings. The quantitative estimate of drug-likeness (QED) is 0.553. The lowest BCUT2D eigenvalue weighted by Crippen LogP contribution is -2.13. The van der Waals surface area contributed by atoms with Crippen LogP contribution in [0.1, 0.15) is 48.3 Å². The fraction of sp³-hybridized carbons (Fsp3) is 0.333. The fourth-order valence-corrected chi connectivity index (χ4v) is 3.39. The van der Waals surface area contributed by atoms with Crippen LogP contribution < -0.4 is 5.32 Å². The van der Waals surface area contributed by atoms with Crippen molar-refractivity contribution >= 4 is 33.7 Å². The Labute approximate surface area is 163 Å². The molecule has 3 heterocycles. The van der Waals surface area contributed by atoms with Gasteiger partial charge in [-0.2, -0.15) is 5.10 Å². The summed E-state index contributed by atoms with van der Waals surface area (Å²) in [4.78, 5) is 25.6. The zero-order valence-electron chi connectivity index (χ0n) is 17.0. The molecule has 0 saturated carbocycles. The molecule has 0 radical (unpaired) electrons. The molecule has 3 aromatic heterocycles. The van der Waals surface area contributed by atoms with Gasteiger partial charge < -0.3 is 10.3 Å². The molecule has 1 aromatic carbocycles. The van der Waals surface area contributed by atoms with Gasteiger partial charge in [-0.25, -0.2) is 9.97 Å². The third-order valence-electron chi connectivity index (χ3n) is 4.79. The van der Waals surface area contributed by atoms with Gasteiger partial charge >= 0.3 is 0 Å². The summed E-state index contributed by atoms with van der Waals surface area (Å²) in [6, 6.07) is 7.50. The Morgan fingerprint density at radius 2 is 1.89 bits per heavy atom. The summed E-state index contributed by atoms with van der Waals surface area (Å²) in [6.45, 7) is 10.1. The average Bonchev–Trinajstić information content (AvgIpc) is 3.15. The minimum atomic E-state index is -0.179. The molecule has 7 heteroatoms. The first kappa shape index (κ1) is 18.2. The smallest absolute Gasteiger partial charge is 0.256 e. The molecular weight excluding hydrogens is 352 g/mol. The number of nitrogens with zero attached hydrogens (tertiary/aromatic N) is 4. The van der Waals surface area contributed by atoms with Crippen LogP contribution in [0.3, 0.4) is 0 Å². The van der Waals surface area contributed by atoms with Crippen molar-refractivity contribution in [2.24, 2.45) is 7.05 Å². The van der Waals surface area contributed by atoms with E-state index in [1.54, 1.807) is 10.7 Å². The van der Waals surface area contributed by atoms with Crippen LogP contribution in [0.2, 0.25) is 0 Å². The number of rotatable bonds is 2. The zero-order chi connectivity index (χ0) is 20.2. The van der Waals surface area contributed by atoms with E-state index in [0.717, 1.165) is 33.6 Å². The van der Waals surface area contributed by atoms with Crippen molar-refractivity contribution in [1.29, 1.82) is 0 Å². The predicted molar refractivity (Wildman–Crippen MR) is 111 cm³/mol. The van der Waals surface area contributed by atoms with Crippen molar-refractivity contribution in [2.45, 2.75) is 40.0 Å². The van der Waals surface area contributed by atoms with Gasteiger partial charge in [-0.15, -0.1) is 0 Å². The van der Waals surface area contributed by atoms with Gasteiger partial charge in [0.1, 0.15) is 5.82 Å². The Bertz CT molecular complexity index is 1230. The van der Waals surface area contributed by atoms with E-state index < -0.39 is 0 Å². The molecule has 2 N–H and O–H groups in total. The van der Waals surface area contributed by atoms with E-state index in [1.165, 1.54) is 0 Å². The maximum Gasteiger partial charge on any atom is 0.256 e. The van der Waals surface area contributed by atoms with Crippen LogP contribution in [0.5, 0.6) is 0 Å². The Morgan fingerprint density at radius 1 is 1.14 bits per heavy atom. The molecular formula is C21H24N6O. The first-order chi connectivity index (χ1) is 13.1. The topological polar surface area (TPSA) is 88.5 Å². The number of aryl methyl sites for hydroxylation is 3. The minimum Gasteiger partial charge on any atom is -0.341 e. The number of carbonyl (C=O) groups is 1. The average molecular weight is 376 g/mol. The molecule has 7 nitrogen and oxygen atoms in total. The van der Waals surface area contributed by atoms with E-state index in [0.29, 0.717) is 16.9 Å². The largest absolute Gasteiger partial charge is 0.341 e. The highest BCUT2D eigenvalue weighted by Crippen LogP contribution is 2.26. The standard InChI is InChI=1S/C21H24N6O/c1-11-9-14(17-12(2)26-27(6)18(17)22-11)19(28)23-13-7-8-15-16(10-13)25-20(24-15)21(3,4)5/h7-10H,1-6H3,(H,23,28)(H,24,25). The molecule has 4 aromatic rings. The van der Waals surface area contributed by atoms with Gasteiger partial charge in [-0.1, -0.05) is 20.8 Å². The van der Waals surface area contributed by atoms with Gasteiger partial charge in [0.2, 0.25) is 0 Å². The maximum absolute atomic E-state index is 13.0. The number of benzene rings is 1. The Kier molecular flexibility index (Phi) is 3.99. The molecule has 0 atom stereocenters. The summed E-state index contributed by atoms with van der Waals surface area (Å²) in [5.74, 6) is 0.741. The van der Waals surface area contributed by atoms with Crippen molar-refractivity contribution in [3.8, 4) is 0 Å². The molecule has 0 aliphatic heterocycles. The van der Waals surface area contributed by atoms with Gasteiger partial charge in [0.05, 0.1) is 27.7 Å². The molecule has 0 aliphatic carbocycles. The van der Waals surface area contributed by atoms with Crippen molar-refractivity contribution < 1.29 is 4.79 Å². The second-order valence-electron chi connectivity index (χ2n) is 8.24. The van der Waals surface area contributed by atoms with Gasteiger partial charge in [0, 0.05) is 23.8 Å². The highest BCUT2D eigenvalue weighted by Gasteiger charge is 2.20. The minimum absolute atomic E-state index is 0.0690. The highest BCUT2D eigenvalue weighted by atomic mass is 16.1. The number of pyridine rings is 1. The number of hydrogen-bond donors (Lipinski definition) is 2. The summed E-state index contributed by atoms with van der Waals surface area (Å²) >= 11 is 0. The maximum atomic E-state index is 13.0. The third-order valence-corrected chi connectivity index (χ3v) is 4.79. The number of imidazole rings is 1. The van der Waals surface area contributed by atoms with E-state index in [4.69, 9.17) is 0 Å². The van der Waals surface area contributed by atoms with Crippen LogP contribution >= 0.6 is 0 Å². The number of fused-ring (bicyclic) bond motifs is 2. The van der Waals surface area contributed by atoms with E-state index in [2.05, 4.69) is 46.1 Å². The van der Waals surface area contributed by atoms with Crippen LogP contribution in [0.4, 0.5) is 5.69 Å². The van der Waals surface area contributed by atoms with Crippen molar-refractivity contribution in [3.05, 3.63) is 47.0 Å². The van der Waals surface area contributed by atoms with E-state index in [-0.39, 0.29) is 11.3 Å². The molecule has 0 unspecified atom stereocenters. The first-order valence-electron chi connectivity index (χ1n) is 9.26. The van der Waals surface area contributed by atoms with Crippen LogP contribution in [0, 0.1) is 13.8 Å². The molecule has 0 bridgehead atoms. The molecule has 144 valence electrons. The number of hydrogen-bond acceptors (Lipinski definition) is 4. The summed E-state index contributed by atoms with van der Waals surface area (Å²) in [7, 11) is 1.84. The lowest BCUT2D eigenvalue weighted by Gasteiger charge is -2.13.